The van der Waals surface area contributed by atoms with Crippen molar-refractivity contribution in [3.8, 4) is 22.1 Å². The van der Waals surface area contributed by atoms with Crippen LogP contribution in [0.2, 0.25) is 0 Å². The number of aryl methyl sites for hydroxylation is 2. The van der Waals surface area contributed by atoms with Gasteiger partial charge in [-0.3, -0.25) is 4.79 Å². The van der Waals surface area contributed by atoms with Gasteiger partial charge in [0, 0.05) is 11.1 Å². The van der Waals surface area contributed by atoms with E-state index in [2.05, 4.69) is 24.4 Å². The fourth-order valence-corrected chi connectivity index (χ4v) is 4.35. The van der Waals surface area contributed by atoms with E-state index < -0.39 is 0 Å². The number of amides is 1. The van der Waals surface area contributed by atoms with Gasteiger partial charge in [0.25, 0.3) is 5.91 Å². The Hall–Kier alpha value is -3.38. The molecule has 0 radical (unpaired) electrons. The van der Waals surface area contributed by atoms with E-state index in [1.54, 1.807) is 37.7 Å². The first-order valence-electron chi connectivity index (χ1n) is 9.50. The zero-order valence-electron chi connectivity index (χ0n) is 17.3. The second-order valence-corrected chi connectivity index (χ2v) is 8.07. The summed E-state index contributed by atoms with van der Waals surface area (Å²) in [7, 11) is 3.20. The highest BCUT2D eigenvalue weighted by Crippen LogP contribution is 2.35. The number of hydrogen-bond acceptors (Lipinski definition) is 5. The minimum Gasteiger partial charge on any atom is -0.497 e. The number of methoxy groups -OCH3 is 2. The van der Waals surface area contributed by atoms with Gasteiger partial charge in [-0.2, -0.15) is 0 Å². The Kier molecular flexibility index (Phi) is 5.42. The van der Waals surface area contributed by atoms with E-state index in [1.807, 2.05) is 37.3 Å². The summed E-state index contributed by atoms with van der Waals surface area (Å²) in [5.74, 6) is 1.11. The summed E-state index contributed by atoms with van der Waals surface area (Å²) in [6.07, 6.45) is 0. The topological polar surface area (TPSA) is 60.5 Å². The summed E-state index contributed by atoms with van der Waals surface area (Å²) >= 11 is 1.64. The molecule has 0 fully saturated rings. The highest BCUT2D eigenvalue weighted by molar-refractivity contribution is 7.21. The van der Waals surface area contributed by atoms with Crippen LogP contribution in [0.4, 0.5) is 5.69 Å². The summed E-state index contributed by atoms with van der Waals surface area (Å²) in [6, 6.07) is 17.3. The summed E-state index contributed by atoms with van der Waals surface area (Å²) < 4.78 is 11.9. The Morgan fingerprint density at radius 2 is 1.80 bits per heavy atom. The molecule has 6 heteroatoms. The second-order valence-electron chi connectivity index (χ2n) is 7.04. The molecule has 0 saturated heterocycles. The van der Waals surface area contributed by atoms with E-state index in [0.717, 1.165) is 32.1 Å². The van der Waals surface area contributed by atoms with Gasteiger partial charge < -0.3 is 14.8 Å². The van der Waals surface area contributed by atoms with Crippen molar-refractivity contribution in [1.82, 2.24) is 4.98 Å². The maximum atomic E-state index is 12.8. The maximum Gasteiger partial charge on any atom is 0.256 e. The fraction of sp³-hybridized carbons (Fsp3) is 0.167. The standard InChI is InChI=1S/C24H22N2O3S/c1-14-5-9-20-22(11-14)30-24(26-20)16-6-10-19(21(13-16)29-4)25-23(27)18-8-7-17(28-3)12-15(18)2/h5-13H,1-4H3,(H,25,27). The number of benzene rings is 3. The van der Waals surface area contributed by atoms with Crippen LogP contribution in [0.3, 0.4) is 0 Å². The molecule has 0 atom stereocenters. The van der Waals surface area contributed by atoms with Gasteiger partial charge in [0.2, 0.25) is 0 Å². The van der Waals surface area contributed by atoms with Gasteiger partial charge in [0.15, 0.2) is 0 Å². The molecule has 0 unspecified atom stereocenters. The Morgan fingerprint density at radius 3 is 2.53 bits per heavy atom. The first kappa shape index (κ1) is 19.9. The summed E-state index contributed by atoms with van der Waals surface area (Å²) in [5.41, 5.74) is 5.17. The van der Waals surface area contributed by atoms with Crippen molar-refractivity contribution in [2.24, 2.45) is 0 Å². The lowest BCUT2D eigenvalue weighted by molar-refractivity contribution is 0.102. The largest absolute Gasteiger partial charge is 0.497 e. The molecular weight excluding hydrogens is 396 g/mol. The number of fused-ring (bicyclic) bond motifs is 1. The number of ether oxygens (including phenoxy) is 2. The summed E-state index contributed by atoms with van der Waals surface area (Å²) in [5, 5.41) is 3.86. The van der Waals surface area contributed by atoms with Crippen LogP contribution in [0.5, 0.6) is 11.5 Å². The van der Waals surface area contributed by atoms with E-state index in [1.165, 1.54) is 5.56 Å². The van der Waals surface area contributed by atoms with Crippen LogP contribution in [0, 0.1) is 13.8 Å². The average molecular weight is 419 g/mol. The number of carbonyl (C=O) groups is 1. The van der Waals surface area contributed by atoms with Crippen molar-refractivity contribution in [1.29, 1.82) is 0 Å². The van der Waals surface area contributed by atoms with Crippen molar-refractivity contribution >= 4 is 33.1 Å². The minimum atomic E-state index is -0.198. The number of nitrogens with one attached hydrogen (secondary N) is 1. The number of carbonyl (C=O) groups excluding carboxylic acids is 1. The number of hydrogen-bond donors (Lipinski definition) is 1. The average Bonchev–Trinajstić information content (AvgIpc) is 3.16. The van der Waals surface area contributed by atoms with E-state index in [0.29, 0.717) is 17.0 Å². The SMILES string of the molecule is COc1ccc(C(=O)Nc2ccc(-c3nc4ccc(C)cc4s3)cc2OC)c(C)c1. The highest BCUT2D eigenvalue weighted by Gasteiger charge is 2.15. The predicted octanol–water partition coefficient (Wildman–Crippen LogP) is 5.85. The molecule has 1 aromatic heterocycles. The second kappa shape index (κ2) is 8.16. The molecule has 0 bridgehead atoms. The normalized spacial score (nSPS) is 10.8. The third kappa shape index (κ3) is 3.86. The summed E-state index contributed by atoms with van der Waals surface area (Å²) in [4.78, 5) is 17.5. The minimum absolute atomic E-state index is 0.198. The van der Waals surface area contributed by atoms with Crippen LogP contribution < -0.4 is 14.8 Å². The zero-order valence-corrected chi connectivity index (χ0v) is 18.1. The molecule has 4 rings (SSSR count). The van der Waals surface area contributed by atoms with Crippen LogP contribution in [0.25, 0.3) is 20.8 Å². The molecule has 1 amide bonds. The lowest BCUT2D eigenvalue weighted by Crippen LogP contribution is -2.14. The van der Waals surface area contributed by atoms with Crippen LogP contribution >= 0.6 is 11.3 Å². The molecule has 0 aliphatic carbocycles. The van der Waals surface area contributed by atoms with Gasteiger partial charge in [-0.15, -0.1) is 11.3 Å². The molecule has 3 aromatic carbocycles. The van der Waals surface area contributed by atoms with Crippen molar-refractivity contribution in [3.05, 3.63) is 71.3 Å². The smallest absolute Gasteiger partial charge is 0.256 e. The molecule has 152 valence electrons. The van der Waals surface area contributed by atoms with E-state index in [9.17, 15) is 4.79 Å². The molecule has 1 N–H and O–H groups in total. The van der Waals surface area contributed by atoms with Gasteiger partial charge in [-0.05, 0) is 73.5 Å². The zero-order chi connectivity index (χ0) is 21.3. The Labute approximate surface area is 179 Å². The van der Waals surface area contributed by atoms with Crippen molar-refractivity contribution in [2.75, 3.05) is 19.5 Å². The van der Waals surface area contributed by atoms with Crippen molar-refractivity contribution in [2.45, 2.75) is 13.8 Å². The van der Waals surface area contributed by atoms with Crippen molar-refractivity contribution < 1.29 is 14.3 Å². The molecule has 0 aliphatic heterocycles. The molecule has 0 saturated carbocycles. The Morgan fingerprint density at radius 1 is 0.967 bits per heavy atom. The number of nitrogens with zero attached hydrogens (tertiary/aromatic N) is 1. The molecule has 1 heterocycles. The first-order chi connectivity index (χ1) is 14.5. The first-order valence-corrected chi connectivity index (χ1v) is 10.3. The summed E-state index contributed by atoms with van der Waals surface area (Å²) in [6.45, 7) is 3.95. The third-order valence-electron chi connectivity index (χ3n) is 4.92. The predicted molar refractivity (Wildman–Crippen MR) is 122 cm³/mol. The number of aromatic nitrogens is 1. The van der Waals surface area contributed by atoms with Gasteiger partial charge in [-0.1, -0.05) is 6.07 Å². The van der Waals surface area contributed by atoms with E-state index in [-0.39, 0.29) is 5.91 Å². The van der Waals surface area contributed by atoms with Gasteiger partial charge >= 0.3 is 0 Å². The molecule has 0 spiro atoms. The lowest BCUT2D eigenvalue weighted by Gasteiger charge is -2.13. The maximum absolute atomic E-state index is 12.8. The van der Waals surface area contributed by atoms with Crippen LogP contribution in [-0.4, -0.2) is 25.1 Å². The quantitative estimate of drug-likeness (QED) is 0.442. The van der Waals surface area contributed by atoms with Crippen molar-refractivity contribution in [3.63, 3.8) is 0 Å². The monoisotopic (exact) mass is 418 g/mol. The van der Waals surface area contributed by atoms with Crippen LogP contribution in [0.15, 0.2) is 54.6 Å². The van der Waals surface area contributed by atoms with Crippen LogP contribution in [0.1, 0.15) is 21.5 Å². The van der Waals surface area contributed by atoms with Gasteiger partial charge in [0.05, 0.1) is 30.1 Å². The Balaban J connectivity index is 1.62. The van der Waals surface area contributed by atoms with Gasteiger partial charge in [0.1, 0.15) is 16.5 Å². The number of anilines is 1. The lowest BCUT2D eigenvalue weighted by atomic mass is 10.1. The molecule has 0 aliphatic rings. The van der Waals surface area contributed by atoms with Gasteiger partial charge in [-0.25, -0.2) is 4.98 Å². The number of rotatable bonds is 5. The fourth-order valence-electron chi connectivity index (χ4n) is 3.29. The van der Waals surface area contributed by atoms with E-state index in [4.69, 9.17) is 14.5 Å². The molecule has 30 heavy (non-hydrogen) atoms. The highest BCUT2D eigenvalue weighted by atomic mass is 32.1. The number of thiazole rings is 1. The molecular formula is C24H22N2O3S. The van der Waals surface area contributed by atoms with E-state index >= 15 is 0 Å². The molecule has 4 aromatic rings. The molecule has 5 nitrogen and oxygen atoms in total. The van der Waals surface area contributed by atoms with Crippen LogP contribution in [-0.2, 0) is 0 Å². The third-order valence-corrected chi connectivity index (χ3v) is 5.99. The Bertz CT molecular complexity index is 1250.